The molecule has 0 saturated carbocycles. The van der Waals surface area contributed by atoms with Gasteiger partial charge in [-0.3, -0.25) is 0 Å². The molecule has 0 rings (SSSR count). The van der Waals surface area contributed by atoms with Gasteiger partial charge in [0.05, 0.1) is 0 Å². The Kier molecular flexibility index (Phi) is 8.20. The molecule has 86 valence electrons. The molecule has 0 aliphatic rings. The first-order valence-electron chi connectivity index (χ1n) is 5.92. The lowest BCUT2D eigenvalue weighted by atomic mass is 10.1. The zero-order valence-corrected chi connectivity index (χ0v) is 10.3. The van der Waals surface area contributed by atoms with Gasteiger partial charge in [0.15, 0.2) is 0 Å². The first-order chi connectivity index (χ1) is 6.57. The van der Waals surface area contributed by atoms with E-state index < -0.39 is 0 Å². The van der Waals surface area contributed by atoms with E-state index in [1.165, 1.54) is 19.5 Å². The number of aliphatic hydroxyl groups is 1. The molecule has 1 N–H and O–H groups in total. The van der Waals surface area contributed by atoms with Crippen molar-refractivity contribution >= 4 is 0 Å². The van der Waals surface area contributed by atoms with E-state index in [-0.39, 0.29) is 0 Å². The van der Waals surface area contributed by atoms with Gasteiger partial charge >= 0.3 is 0 Å². The number of nitrogens with zero attached hydrogens (tertiary/aromatic N) is 1. The van der Waals surface area contributed by atoms with Crippen molar-refractivity contribution in [1.82, 2.24) is 4.90 Å². The molecule has 0 spiro atoms. The van der Waals surface area contributed by atoms with E-state index in [1.807, 2.05) is 0 Å². The second-order valence-corrected chi connectivity index (χ2v) is 4.77. The summed E-state index contributed by atoms with van der Waals surface area (Å²) in [4.78, 5) is 2.53. The molecule has 0 aromatic rings. The fourth-order valence-corrected chi connectivity index (χ4v) is 1.63. The van der Waals surface area contributed by atoms with Gasteiger partial charge in [0, 0.05) is 19.2 Å². The van der Waals surface area contributed by atoms with Crippen molar-refractivity contribution < 1.29 is 5.11 Å². The molecular weight excluding hydrogens is 174 g/mol. The number of unbranched alkanes of at least 4 members (excludes halogenated alkanes) is 2. The van der Waals surface area contributed by atoms with E-state index >= 15 is 0 Å². The van der Waals surface area contributed by atoms with Gasteiger partial charge < -0.3 is 10.0 Å². The van der Waals surface area contributed by atoms with Crippen LogP contribution in [0.5, 0.6) is 0 Å². The molecule has 0 fully saturated rings. The molecule has 0 bridgehead atoms. The van der Waals surface area contributed by atoms with Crippen LogP contribution >= 0.6 is 0 Å². The van der Waals surface area contributed by atoms with Gasteiger partial charge in [0.25, 0.3) is 0 Å². The second kappa shape index (κ2) is 8.25. The molecule has 0 aliphatic carbocycles. The summed E-state index contributed by atoms with van der Waals surface area (Å²) >= 11 is 0. The van der Waals surface area contributed by atoms with Crippen LogP contribution in [-0.2, 0) is 0 Å². The molecule has 14 heavy (non-hydrogen) atoms. The third-order valence-electron chi connectivity index (χ3n) is 2.43. The van der Waals surface area contributed by atoms with Crippen molar-refractivity contribution in [3.05, 3.63) is 0 Å². The summed E-state index contributed by atoms with van der Waals surface area (Å²) in [6, 6.07) is 0.645. The molecule has 2 heteroatoms. The quantitative estimate of drug-likeness (QED) is 0.610. The average molecular weight is 201 g/mol. The van der Waals surface area contributed by atoms with Gasteiger partial charge in [0.2, 0.25) is 0 Å². The third-order valence-corrected chi connectivity index (χ3v) is 2.43. The van der Waals surface area contributed by atoms with Gasteiger partial charge in [-0.05, 0) is 45.6 Å². The molecule has 0 saturated heterocycles. The molecule has 0 aliphatic heterocycles. The molecule has 0 aromatic carbocycles. The van der Waals surface area contributed by atoms with Gasteiger partial charge in [-0.2, -0.15) is 0 Å². The maximum Gasteiger partial charge on any atom is 0.0431 e. The van der Waals surface area contributed by atoms with Crippen molar-refractivity contribution in [2.24, 2.45) is 5.92 Å². The summed E-state index contributed by atoms with van der Waals surface area (Å²) in [6.45, 7) is 11.8. The van der Waals surface area contributed by atoms with Crippen LogP contribution in [0.15, 0.2) is 0 Å². The van der Waals surface area contributed by atoms with E-state index in [0.717, 1.165) is 18.8 Å². The van der Waals surface area contributed by atoms with Crippen LogP contribution in [0.3, 0.4) is 0 Å². The van der Waals surface area contributed by atoms with Crippen LogP contribution in [0.25, 0.3) is 0 Å². The Morgan fingerprint density at radius 2 is 1.64 bits per heavy atom. The first-order valence-corrected chi connectivity index (χ1v) is 5.92. The van der Waals surface area contributed by atoms with Gasteiger partial charge in [-0.1, -0.05) is 13.8 Å². The van der Waals surface area contributed by atoms with E-state index in [0.29, 0.717) is 12.6 Å². The van der Waals surface area contributed by atoms with Crippen molar-refractivity contribution in [1.29, 1.82) is 0 Å². The maximum absolute atomic E-state index is 8.67. The maximum atomic E-state index is 8.67. The standard InChI is InChI=1S/C12H27NO/c1-11(2)10-13(12(3)4)8-6-5-7-9-14/h11-12,14H,5-10H2,1-4H3. The predicted molar refractivity (Wildman–Crippen MR) is 62.5 cm³/mol. The highest BCUT2D eigenvalue weighted by Gasteiger charge is 2.09. The SMILES string of the molecule is CC(C)CN(CCCCCO)C(C)C. The summed E-state index contributed by atoms with van der Waals surface area (Å²) in [5, 5.41) is 8.67. The zero-order valence-electron chi connectivity index (χ0n) is 10.3. The van der Waals surface area contributed by atoms with Crippen LogP contribution in [0.2, 0.25) is 0 Å². The number of hydrogen-bond acceptors (Lipinski definition) is 2. The fraction of sp³-hybridized carbons (Fsp3) is 1.00. The molecule has 2 nitrogen and oxygen atoms in total. The van der Waals surface area contributed by atoms with Crippen molar-refractivity contribution in [2.45, 2.75) is 53.0 Å². The summed E-state index contributed by atoms with van der Waals surface area (Å²) in [7, 11) is 0. The zero-order chi connectivity index (χ0) is 11.0. The molecular formula is C12H27NO. The van der Waals surface area contributed by atoms with Crippen LogP contribution in [-0.4, -0.2) is 35.7 Å². The summed E-state index contributed by atoms with van der Waals surface area (Å²) in [5.41, 5.74) is 0. The van der Waals surface area contributed by atoms with Crippen molar-refractivity contribution in [3.63, 3.8) is 0 Å². The van der Waals surface area contributed by atoms with Gasteiger partial charge in [-0.25, -0.2) is 0 Å². The Bertz CT molecular complexity index is 123. The molecule has 0 heterocycles. The van der Waals surface area contributed by atoms with Gasteiger partial charge in [0.1, 0.15) is 0 Å². The fourth-order valence-electron chi connectivity index (χ4n) is 1.63. The van der Waals surface area contributed by atoms with Crippen LogP contribution in [0, 0.1) is 5.92 Å². The van der Waals surface area contributed by atoms with Crippen molar-refractivity contribution in [2.75, 3.05) is 19.7 Å². The normalized spacial score (nSPS) is 12.0. The highest BCUT2D eigenvalue weighted by Crippen LogP contribution is 2.06. The smallest absolute Gasteiger partial charge is 0.0431 e. The summed E-state index contributed by atoms with van der Waals surface area (Å²) < 4.78 is 0. The topological polar surface area (TPSA) is 23.5 Å². The highest BCUT2D eigenvalue weighted by molar-refractivity contribution is 4.64. The lowest BCUT2D eigenvalue weighted by Gasteiger charge is -2.28. The predicted octanol–water partition coefficient (Wildman–Crippen LogP) is 2.52. The highest BCUT2D eigenvalue weighted by atomic mass is 16.2. The largest absolute Gasteiger partial charge is 0.396 e. The Hall–Kier alpha value is -0.0800. The number of rotatable bonds is 8. The Morgan fingerprint density at radius 3 is 2.07 bits per heavy atom. The summed E-state index contributed by atoms with van der Waals surface area (Å²) in [5.74, 6) is 0.746. The minimum absolute atomic E-state index is 0.339. The third kappa shape index (κ3) is 7.34. The van der Waals surface area contributed by atoms with Crippen LogP contribution in [0.4, 0.5) is 0 Å². The Balaban J connectivity index is 3.63. The van der Waals surface area contributed by atoms with Crippen molar-refractivity contribution in [3.8, 4) is 0 Å². The Labute approximate surface area is 89.3 Å². The number of hydrogen-bond donors (Lipinski definition) is 1. The molecule has 0 unspecified atom stereocenters. The van der Waals surface area contributed by atoms with E-state index in [2.05, 4.69) is 32.6 Å². The monoisotopic (exact) mass is 201 g/mol. The average Bonchev–Trinajstić information content (AvgIpc) is 2.09. The minimum atomic E-state index is 0.339. The van der Waals surface area contributed by atoms with E-state index in [9.17, 15) is 0 Å². The first kappa shape index (κ1) is 13.9. The molecule has 0 amide bonds. The number of aliphatic hydroxyl groups excluding tert-OH is 1. The lowest BCUT2D eigenvalue weighted by molar-refractivity contribution is 0.191. The lowest BCUT2D eigenvalue weighted by Crippen LogP contribution is -2.34. The Morgan fingerprint density at radius 1 is 1.00 bits per heavy atom. The summed E-state index contributed by atoms with van der Waals surface area (Å²) in [6.07, 6.45) is 3.32. The molecule has 0 aromatic heterocycles. The van der Waals surface area contributed by atoms with Gasteiger partial charge in [-0.15, -0.1) is 0 Å². The van der Waals surface area contributed by atoms with E-state index in [4.69, 9.17) is 5.11 Å². The second-order valence-electron chi connectivity index (χ2n) is 4.77. The van der Waals surface area contributed by atoms with E-state index in [1.54, 1.807) is 0 Å². The molecule has 0 radical (unpaired) electrons. The minimum Gasteiger partial charge on any atom is -0.396 e. The molecule has 0 atom stereocenters. The van der Waals surface area contributed by atoms with Crippen LogP contribution in [0.1, 0.15) is 47.0 Å². The van der Waals surface area contributed by atoms with Crippen LogP contribution < -0.4 is 0 Å².